The monoisotopic (exact) mass is 207 g/mol. The van der Waals surface area contributed by atoms with Gasteiger partial charge in [-0.2, -0.15) is 0 Å². The lowest BCUT2D eigenvalue weighted by molar-refractivity contribution is 0.0714. The van der Waals surface area contributed by atoms with Crippen LogP contribution in [-0.4, -0.2) is 17.3 Å². The van der Waals surface area contributed by atoms with Gasteiger partial charge in [-0.15, -0.1) is 0 Å². The predicted octanol–water partition coefficient (Wildman–Crippen LogP) is 1.89. The molecule has 0 saturated heterocycles. The Morgan fingerprint density at radius 3 is 1.93 bits per heavy atom. The maximum absolute atomic E-state index is 9.60. The van der Waals surface area contributed by atoms with E-state index in [0.29, 0.717) is 6.54 Å². The largest absolute Gasteiger partial charge is 0.390 e. The van der Waals surface area contributed by atoms with Gasteiger partial charge in [-0.25, -0.2) is 0 Å². The summed E-state index contributed by atoms with van der Waals surface area (Å²) in [6, 6.07) is 8.48. The number of benzene rings is 1. The van der Waals surface area contributed by atoms with E-state index in [-0.39, 0.29) is 0 Å². The van der Waals surface area contributed by atoms with Crippen molar-refractivity contribution < 1.29 is 5.11 Å². The van der Waals surface area contributed by atoms with Crippen LogP contribution in [0.1, 0.15) is 31.4 Å². The molecule has 0 radical (unpaired) electrons. The van der Waals surface area contributed by atoms with Gasteiger partial charge in [0.1, 0.15) is 0 Å². The highest BCUT2D eigenvalue weighted by Crippen LogP contribution is 2.13. The highest BCUT2D eigenvalue weighted by atomic mass is 16.3. The van der Waals surface area contributed by atoms with E-state index in [1.807, 2.05) is 13.8 Å². The first-order valence-corrected chi connectivity index (χ1v) is 5.51. The third-order valence-corrected chi connectivity index (χ3v) is 2.48. The molecular weight excluding hydrogens is 186 g/mol. The minimum atomic E-state index is -0.573. The molecule has 0 aliphatic rings. The molecular formula is C13H21NO. The fraction of sp³-hybridized carbons (Fsp3) is 0.538. The summed E-state index contributed by atoms with van der Waals surface area (Å²) in [6.45, 7) is 4.38. The van der Waals surface area contributed by atoms with Crippen LogP contribution < -0.4 is 5.73 Å². The van der Waals surface area contributed by atoms with Gasteiger partial charge >= 0.3 is 0 Å². The Balaban J connectivity index is 2.50. The van der Waals surface area contributed by atoms with Crippen molar-refractivity contribution in [2.75, 3.05) is 6.54 Å². The Morgan fingerprint density at radius 2 is 1.53 bits per heavy atom. The third kappa shape index (κ3) is 4.96. The SMILES string of the molecule is CC(C)(O)CCc1ccc(CCN)cc1. The van der Waals surface area contributed by atoms with Crippen LogP contribution in [0.3, 0.4) is 0 Å². The molecule has 1 aromatic rings. The summed E-state index contributed by atoms with van der Waals surface area (Å²) < 4.78 is 0. The fourth-order valence-electron chi connectivity index (χ4n) is 1.49. The molecule has 0 aliphatic carbocycles. The first kappa shape index (κ1) is 12.2. The average Bonchev–Trinajstić information content (AvgIpc) is 2.16. The van der Waals surface area contributed by atoms with Gasteiger partial charge in [0.2, 0.25) is 0 Å². The van der Waals surface area contributed by atoms with E-state index < -0.39 is 5.60 Å². The maximum Gasteiger partial charge on any atom is 0.0594 e. The van der Waals surface area contributed by atoms with Gasteiger partial charge in [0, 0.05) is 0 Å². The molecule has 15 heavy (non-hydrogen) atoms. The number of hydrogen-bond donors (Lipinski definition) is 2. The van der Waals surface area contributed by atoms with Crippen LogP contribution in [-0.2, 0) is 12.8 Å². The second-order valence-electron chi connectivity index (χ2n) is 4.67. The molecule has 2 nitrogen and oxygen atoms in total. The summed E-state index contributed by atoms with van der Waals surface area (Å²) >= 11 is 0. The Morgan fingerprint density at radius 1 is 1.07 bits per heavy atom. The first-order valence-electron chi connectivity index (χ1n) is 5.51. The lowest BCUT2D eigenvalue weighted by atomic mass is 9.98. The van der Waals surface area contributed by atoms with E-state index in [2.05, 4.69) is 24.3 Å². The first-order chi connectivity index (χ1) is 7.01. The summed E-state index contributed by atoms with van der Waals surface area (Å²) in [5.41, 5.74) is 7.47. The number of rotatable bonds is 5. The zero-order chi connectivity index (χ0) is 11.3. The van der Waals surface area contributed by atoms with E-state index in [0.717, 1.165) is 19.3 Å². The van der Waals surface area contributed by atoms with Crippen LogP contribution in [0.4, 0.5) is 0 Å². The molecule has 1 rings (SSSR count). The molecule has 0 unspecified atom stereocenters. The van der Waals surface area contributed by atoms with E-state index in [1.54, 1.807) is 0 Å². The second-order valence-corrected chi connectivity index (χ2v) is 4.67. The normalized spacial score (nSPS) is 11.7. The Kier molecular flexibility index (Phi) is 4.30. The van der Waals surface area contributed by atoms with Crippen molar-refractivity contribution in [2.24, 2.45) is 5.73 Å². The highest BCUT2D eigenvalue weighted by Gasteiger charge is 2.11. The minimum Gasteiger partial charge on any atom is -0.390 e. The molecule has 0 fully saturated rings. The Hall–Kier alpha value is -0.860. The van der Waals surface area contributed by atoms with Crippen molar-refractivity contribution in [3.8, 4) is 0 Å². The number of aliphatic hydroxyl groups is 1. The summed E-state index contributed by atoms with van der Waals surface area (Å²) in [6.07, 6.45) is 2.65. The zero-order valence-corrected chi connectivity index (χ0v) is 9.66. The van der Waals surface area contributed by atoms with Crippen molar-refractivity contribution in [3.05, 3.63) is 35.4 Å². The smallest absolute Gasteiger partial charge is 0.0594 e. The van der Waals surface area contributed by atoms with Gasteiger partial charge in [0.25, 0.3) is 0 Å². The molecule has 84 valence electrons. The molecule has 0 bridgehead atoms. The van der Waals surface area contributed by atoms with Gasteiger partial charge < -0.3 is 10.8 Å². The topological polar surface area (TPSA) is 46.2 Å². The summed E-state index contributed by atoms with van der Waals surface area (Å²) in [5, 5.41) is 9.60. The highest BCUT2D eigenvalue weighted by molar-refractivity contribution is 5.23. The summed E-state index contributed by atoms with van der Waals surface area (Å²) in [4.78, 5) is 0. The molecule has 0 aliphatic heterocycles. The molecule has 3 N–H and O–H groups in total. The van der Waals surface area contributed by atoms with Gasteiger partial charge in [0.05, 0.1) is 5.60 Å². The molecule has 0 heterocycles. The predicted molar refractivity (Wildman–Crippen MR) is 63.8 cm³/mol. The molecule has 0 atom stereocenters. The standard InChI is InChI=1S/C13H21NO/c1-13(2,15)9-7-11-3-5-12(6-4-11)8-10-14/h3-6,15H,7-10,14H2,1-2H3. The second kappa shape index (κ2) is 5.29. The van der Waals surface area contributed by atoms with Gasteiger partial charge in [-0.1, -0.05) is 24.3 Å². The number of aryl methyl sites for hydroxylation is 1. The lowest BCUT2D eigenvalue weighted by Crippen LogP contribution is -2.19. The molecule has 2 heteroatoms. The van der Waals surface area contributed by atoms with Crippen molar-refractivity contribution in [1.29, 1.82) is 0 Å². The average molecular weight is 207 g/mol. The van der Waals surface area contributed by atoms with Crippen LogP contribution in [0, 0.1) is 0 Å². The van der Waals surface area contributed by atoms with Crippen LogP contribution in [0.25, 0.3) is 0 Å². The van der Waals surface area contributed by atoms with E-state index in [4.69, 9.17) is 5.73 Å². The van der Waals surface area contributed by atoms with Crippen LogP contribution in [0.2, 0.25) is 0 Å². The van der Waals surface area contributed by atoms with Gasteiger partial charge in [-0.3, -0.25) is 0 Å². The fourth-order valence-corrected chi connectivity index (χ4v) is 1.49. The van der Waals surface area contributed by atoms with Crippen molar-refractivity contribution in [3.63, 3.8) is 0 Å². The van der Waals surface area contributed by atoms with Crippen molar-refractivity contribution in [1.82, 2.24) is 0 Å². The number of hydrogen-bond acceptors (Lipinski definition) is 2. The van der Waals surface area contributed by atoms with E-state index in [9.17, 15) is 5.11 Å². The quantitative estimate of drug-likeness (QED) is 0.774. The van der Waals surface area contributed by atoms with Crippen LogP contribution in [0.5, 0.6) is 0 Å². The van der Waals surface area contributed by atoms with Crippen LogP contribution >= 0.6 is 0 Å². The van der Waals surface area contributed by atoms with E-state index in [1.165, 1.54) is 11.1 Å². The maximum atomic E-state index is 9.60. The third-order valence-electron chi connectivity index (χ3n) is 2.48. The van der Waals surface area contributed by atoms with Gasteiger partial charge in [0.15, 0.2) is 0 Å². The van der Waals surface area contributed by atoms with E-state index >= 15 is 0 Å². The van der Waals surface area contributed by atoms with Crippen molar-refractivity contribution >= 4 is 0 Å². The Labute approximate surface area is 92.1 Å². The number of nitrogens with two attached hydrogens (primary N) is 1. The van der Waals surface area contributed by atoms with Crippen molar-refractivity contribution in [2.45, 2.75) is 38.7 Å². The molecule has 0 saturated carbocycles. The Bertz CT molecular complexity index is 284. The minimum absolute atomic E-state index is 0.573. The van der Waals surface area contributed by atoms with Crippen LogP contribution in [0.15, 0.2) is 24.3 Å². The molecule has 0 aromatic heterocycles. The lowest BCUT2D eigenvalue weighted by Gasteiger charge is -2.16. The summed E-state index contributed by atoms with van der Waals surface area (Å²) in [7, 11) is 0. The molecule has 0 amide bonds. The molecule has 0 spiro atoms. The zero-order valence-electron chi connectivity index (χ0n) is 9.66. The molecule has 1 aromatic carbocycles. The summed E-state index contributed by atoms with van der Waals surface area (Å²) in [5.74, 6) is 0. The van der Waals surface area contributed by atoms with Gasteiger partial charge in [-0.05, 0) is 50.8 Å².